The highest BCUT2D eigenvalue weighted by atomic mass is 16.3. The van der Waals surface area contributed by atoms with Crippen molar-refractivity contribution < 1.29 is 4.42 Å². The van der Waals surface area contributed by atoms with Gasteiger partial charge in [-0.3, -0.25) is 0 Å². The van der Waals surface area contributed by atoms with Crippen molar-refractivity contribution in [2.24, 2.45) is 0 Å². The molecule has 0 aliphatic heterocycles. The Hall–Kier alpha value is -1.31. The zero-order valence-electron chi connectivity index (χ0n) is 6.66. The minimum atomic E-state index is 0.609. The largest absolute Gasteiger partial charge is 0.440 e. The van der Waals surface area contributed by atoms with Gasteiger partial charge in [-0.25, -0.2) is 4.98 Å². The summed E-state index contributed by atoms with van der Waals surface area (Å²) in [4.78, 5) is 4.41. The van der Waals surface area contributed by atoms with Gasteiger partial charge in [-0.15, -0.1) is 0 Å². The summed E-state index contributed by atoms with van der Waals surface area (Å²) in [5.41, 5.74) is 1.90. The number of para-hydroxylation sites is 2. The molecule has 0 radical (unpaired) electrons. The summed E-state index contributed by atoms with van der Waals surface area (Å²) in [6, 6.07) is 7.92. The van der Waals surface area contributed by atoms with Crippen molar-refractivity contribution in [3.63, 3.8) is 0 Å². The third-order valence-electron chi connectivity index (χ3n) is 2.24. The monoisotopic (exact) mass is 159 g/mol. The third kappa shape index (κ3) is 0.843. The standard InChI is InChI=1S/C10H9NO/c1-2-4-9-8(3-1)11-10(12-9)7-5-6-7/h1-4,7H,5-6H2. The Labute approximate surface area is 70.2 Å². The van der Waals surface area contributed by atoms with E-state index in [-0.39, 0.29) is 0 Å². The lowest BCUT2D eigenvalue weighted by Gasteiger charge is -1.82. The molecule has 3 rings (SSSR count). The smallest absolute Gasteiger partial charge is 0.198 e. The second-order valence-corrected chi connectivity index (χ2v) is 3.29. The van der Waals surface area contributed by atoms with Crippen LogP contribution in [0.3, 0.4) is 0 Å². The summed E-state index contributed by atoms with van der Waals surface area (Å²) in [5, 5.41) is 0. The van der Waals surface area contributed by atoms with Crippen LogP contribution in [0.1, 0.15) is 24.7 Å². The number of aromatic nitrogens is 1. The van der Waals surface area contributed by atoms with Gasteiger partial charge in [0.1, 0.15) is 5.52 Å². The minimum absolute atomic E-state index is 0.609. The number of oxazole rings is 1. The maximum absolute atomic E-state index is 5.58. The first-order valence-corrected chi connectivity index (χ1v) is 4.29. The molecule has 1 aromatic carbocycles. The fourth-order valence-corrected chi connectivity index (χ4v) is 1.39. The van der Waals surface area contributed by atoms with E-state index in [9.17, 15) is 0 Å². The van der Waals surface area contributed by atoms with Gasteiger partial charge in [0.25, 0.3) is 0 Å². The predicted octanol–water partition coefficient (Wildman–Crippen LogP) is 2.71. The van der Waals surface area contributed by atoms with Crippen LogP contribution in [0, 0.1) is 0 Å². The highest BCUT2D eigenvalue weighted by Crippen LogP contribution is 2.40. The van der Waals surface area contributed by atoms with Crippen molar-refractivity contribution >= 4 is 11.1 Å². The topological polar surface area (TPSA) is 26.0 Å². The van der Waals surface area contributed by atoms with Crippen molar-refractivity contribution in [1.29, 1.82) is 0 Å². The lowest BCUT2D eigenvalue weighted by molar-refractivity contribution is 0.533. The quantitative estimate of drug-likeness (QED) is 0.639. The van der Waals surface area contributed by atoms with Gasteiger partial charge in [0.2, 0.25) is 0 Å². The summed E-state index contributed by atoms with van der Waals surface area (Å²) in [7, 11) is 0. The van der Waals surface area contributed by atoms with Crippen LogP contribution in [0.5, 0.6) is 0 Å². The van der Waals surface area contributed by atoms with Crippen molar-refractivity contribution in [2.45, 2.75) is 18.8 Å². The Bertz CT molecular complexity index is 381. The molecular weight excluding hydrogens is 150 g/mol. The normalized spacial score (nSPS) is 17.0. The number of fused-ring (bicyclic) bond motifs is 1. The summed E-state index contributed by atoms with van der Waals surface area (Å²) in [5.74, 6) is 1.54. The molecule has 0 N–H and O–H groups in total. The van der Waals surface area contributed by atoms with E-state index in [1.165, 1.54) is 12.8 Å². The number of benzene rings is 1. The van der Waals surface area contributed by atoms with E-state index in [1.807, 2.05) is 24.3 Å². The van der Waals surface area contributed by atoms with Gasteiger partial charge in [-0.1, -0.05) is 12.1 Å². The Morgan fingerprint density at radius 1 is 1.25 bits per heavy atom. The van der Waals surface area contributed by atoms with Crippen molar-refractivity contribution in [3.8, 4) is 0 Å². The lowest BCUT2D eigenvalue weighted by atomic mass is 10.3. The van der Waals surface area contributed by atoms with Gasteiger partial charge in [0.05, 0.1) is 0 Å². The van der Waals surface area contributed by atoms with Crippen LogP contribution in [0.25, 0.3) is 11.1 Å². The molecule has 1 saturated carbocycles. The zero-order chi connectivity index (χ0) is 7.97. The van der Waals surface area contributed by atoms with E-state index >= 15 is 0 Å². The number of nitrogens with zero attached hydrogens (tertiary/aromatic N) is 1. The summed E-state index contributed by atoms with van der Waals surface area (Å²) in [6.07, 6.45) is 2.49. The summed E-state index contributed by atoms with van der Waals surface area (Å²) >= 11 is 0. The lowest BCUT2D eigenvalue weighted by Crippen LogP contribution is -1.74. The van der Waals surface area contributed by atoms with Crippen LogP contribution in [0.15, 0.2) is 28.7 Å². The molecule has 60 valence electrons. The third-order valence-corrected chi connectivity index (χ3v) is 2.24. The molecule has 1 aromatic heterocycles. The van der Waals surface area contributed by atoms with Gasteiger partial charge in [0, 0.05) is 5.92 Å². The van der Waals surface area contributed by atoms with E-state index in [4.69, 9.17) is 4.42 Å². The number of hydrogen-bond donors (Lipinski definition) is 0. The van der Waals surface area contributed by atoms with Crippen LogP contribution in [0.4, 0.5) is 0 Å². The molecule has 2 nitrogen and oxygen atoms in total. The van der Waals surface area contributed by atoms with E-state index < -0.39 is 0 Å². The Kier molecular flexibility index (Phi) is 1.09. The van der Waals surface area contributed by atoms with Crippen LogP contribution in [-0.4, -0.2) is 4.98 Å². The average Bonchev–Trinajstić information content (AvgIpc) is 2.85. The second kappa shape index (κ2) is 2.09. The molecule has 0 unspecified atom stereocenters. The molecule has 0 amide bonds. The first kappa shape index (κ1) is 6.23. The molecule has 1 aliphatic carbocycles. The molecule has 0 bridgehead atoms. The molecule has 1 aliphatic rings. The highest BCUT2D eigenvalue weighted by molar-refractivity contribution is 5.72. The molecule has 2 aromatic rings. The van der Waals surface area contributed by atoms with Crippen LogP contribution >= 0.6 is 0 Å². The second-order valence-electron chi connectivity index (χ2n) is 3.29. The summed E-state index contributed by atoms with van der Waals surface area (Å²) in [6.45, 7) is 0. The van der Waals surface area contributed by atoms with Crippen molar-refractivity contribution in [3.05, 3.63) is 30.2 Å². The van der Waals surface area contributed by atoms with E-state index in [0.29, 0.717) is 5.92 Å². The first-order chi connectivity index (χ1) is 5.93. The van der Waals surface area contributed by atoms with Crippen LogP contribution < -0.4 is 0 Å². The molecule has 2 heteroatoms. The molecule has 12 heavy (non-hydrogen) atoms. The van der Waals surface area contributed by atoms with Crippen LogP contribution in [0.2, 0.25) is 0 Å². The Morgan fingerprint density at radius 2 is 2.08 bits per heavy atom. The van der Waals surface area contributed by atoms with E-state index in [2.05, 4.69) is 4.98 Å². The molecule has 0 saturated heterocycles. The van der Waals surface area contributed by atoms with Crippen molar-refractivity contribution in [1.82, 2.24) is 4.98 Å². The minimum Gasteiger partial charge on any atom is -0.440 e. The first-order valence-electron chi connectivity index (χ1n) is 4.29. The number of hydrogen-bond acceptors (Lipinski definition) is 2. The Morgan fingerprint density at radius 3 is 2.83 bits per heavy atom. The maximum Gasteiger partial charge on any atom is 0.198 e. The van der Waals surface area contributed by atoms with Crippen LogP contribution in [-0.2, 0) is 0 Å². The Balaban J connectivity index is 2.23. The fraction of sp³-hybridized carbons (Fsp3) is 0.300. The van der Waals surface area contributed by atoms with E-state index in [1.54, 1.807) is 0 Å². The molecule has 0 atom stereocenters. The maximum atomic E-state index is 5.58. The van der Waals surface area contributed by atoms with Gasteiger partial charge in [-0.2, -0.15) is 0 Å². The van der Waals surface area contributed by atoms with Gasteiger partial charge in [0.15, 0.2) is 11.5 Å². The molecular formula is C10H9NO. The highest BCUT2D eigenvalue weighted by Gasteiger charge is 2.28. The SMILES string of the molecule is c1ccc2oc(C3CC3)nc2c1. The zero-order valence-corrected chi connectivity index (χ0v) is 6.66. The molecule has 0 spiro atoms. The van der Waals surface area contributed by atoms with E-state index in [0.717, 1.165) is 17.0 Å². The van der Waals surface area contributed by atoms with Gasteiger partial charge >= 0.3 is 0 Å². The molecule has 1 heterocycles. The fourth-order valence-electron chi connectivity index (χ4n) is 1.39. The molecule has 1 fully saturated rings. The summed E-state index contributed by atoms with van der Waals surface area (Å²) < 4.78 is 5.58. The predicted molar refractivity (Wildman–Crippen MR) is 46.0 cm³/mol. The van der Waals surface area contributed by atoms with Crippen molar-refractivity contribution in [2.75, 3.05) is 0 Å². The van der Waals surface area contributed by atoms with Gasteiger partial charge in [-0.05, 0) is 25.0 Å². The average molecular weight is 159 g/mol. The number of rotatable bonds is 1. The van der Waals surface area contributed by atoms with Gasteiger partial charge < -0.3 is 4.42 Å².